The predicted octanol–water partition coefficient (Wildman–Crippen LogP) is -5.26. The van der Waals surface area contributed by atoms with Crippen molar-refractivity contribution in [3.8, 4) is 0 Å². The van der Waals surface area contributed by atoms with Crippen molar-refractivity contribution in [3.05, 3.63) is 0 Å². The summed E-state index contributed by atoms with van der Waals surface area (Å²) in [6.07, 6.45) is -11.1. The zero-order valence-corrected chi connectivity index (χ0v) is 15.6. The Morgan fingerprint density at radius 2 is 1.54 bits per heavy atom. The first-order valence-electron chi connectivity index (χ1n) is 8.77. The number of ketones is 2. The van der Waals surface area contributed by atoms with Crippen molar-refractivity contribution >= 4 is 11.6 Å². The fourth-order valence-electron chi connectivity index (χ4n) is 3.56. The highest BCUT2D eigenvalue weighted by Crippen LogP contribution is 2.32. The third kappa shape index (κ3) is 3.50. The minimum Gasteiger partial charge on any atom is -0.394 e. The Kier molecular flexibility index (Phi) is 6.93. The normalized spacial score (nSPS) is 47.0. The molecule has 28 heavy (non-hydrogen) atoms. The lowest BCUT2D eigenvalue weighted by Crippen LogP contribution is -2.82. The van der Waals surface area contributed by atoms with Gasteiger partial charge in [0, 0.05) is 0 Å². The number of hydrogen-bond acceptors (Lipinski definition) is 12. The quantitative estimate of drug-likeness (QED) is 0.207. The van der Waals surface area contributed by atoms with Crippen LogP contribution in [0.4, 0.5) is 0 Å². The van der Waals surface area contributed by atoms with Crippen LogP contribution in [0.15, 0.2) is 0 Å². The molecule has 12 nitrogen and oxygen atoms in total. The van der Waals surface area contributed by atoms with Gasteiger partial charge in [-0.05, 0) is 13.8 Å². The molecule has 9 atom stereocenters. The summed E-state index contributed by atoms with van der Waals surface area (Å²) in [5.41, 5.74) is 1.80. The van der Waals surface area contributed by atoms with Gasteiger partial charge in [0.15, 0.2) is 11.6 Å². The largest absolute Gasteiger partial charge is 0.394 e. The zero-order chi connectivity index (χ0) is 21.4. The van der Waals surface area contributed by atoms with Gasteiger partial charge in [0.2, 0.25) is 0 Å². The van der Waals surface area contributed by atoms with Gasteiger partial charge in [-0.3, -0.25) is 14.9 Å². The molecule has 2 aliphatic heterocycles. The second kappa shape index (κ2) is 8.36. The second-order valence-electron chi connectivity index (χ2n) is 7.30. The average Bonchev–Trinajstić information content (AvgIpc) is 2.65. The van der Waals surface area contributed by atoms with E-state index in [0.717, 1.165) is 13.8 Å². The van der Waals surface area contributed by atoms with E-state index in [0.29, 0.717) is 0 Å². The van der Waals surface area contributed by atoms with Crippen molar-refractivity contribution in [1.82, 2.24) is 5.32 Å². The Hall–Kier alpha value is -1.06. The maximum atomic E-state index is 12.4. The van der Waals surface area contributed by atoms with Crippen molar-refractivity contribution < 1.29 is 49.7 Å². The summed E-state index contributed by atoms with van der Waals surface area (Å²) in [5.74, 6) is -1.50. The van der Waals surface area contributed by atoms with Gasteiger partial charge in [0.1, 0.15) is 53.9 Å². The van der Waals surface area contributed by atoms with Crippen LogP contribution < -0.4 is 11.1 Å². The Bertz CT molecular complexity index is 606. The number of hydrogen-bond donors (Lipinski definition) is 8. The number of nitrogens with two attached hydrogens (primary N) is 1. The van der Waals surface area contributed by atoms with Crippen LogP contribution in [0, 0.1) is 0 Å². The van der Waals surface area contributed by atoms with Crippen LogP contribution in [0.25, 0.3) is 0 Å². The molecule has 0 aromatic heterocycles. The molecule has 0 spiro atoms. The molecule has 2 heterocycles. The first-order chi connectivity index (χ1) is 13.0. The van der Waals surface area contributed by atoms with Crippen LogP contribution in [-0.4, -0.2) is 116 Å². The Balaban J connectivity index is 2.44. The van der Waals surface area contributed by atoms with E-state index >= 15 is 0 Å². The first-order valence-corrected chi connectivity index (χ1v) is 8.77. The summed E-state index contributed by atoms with van der Waals surface area (Å²) in [7, 11) is 0. The number of aliphatic hydroxyl groups excluding tert-OH is 6. The summed E-state index contributed by atoms with van der Waals surface area (Å²) in [5, 5.41) is 62.4. The summed E-state index contributed by atoms with van der Waals surface area (Å²) < 4.78 is 10.7. The second-order valence-corrected chi connectivity index (χ2v) is 7.30. The van der Waals surface area contributed by atoms with Gasteiger partial charge in [-0.2, -0.15) is 0 Å². The number of nitrogens with one attached hydrogen (secondary N) is 1. The zero-order valence-electron chi connectivity index (χ0n) is 15.6. The van der Waals surface area contributed by atoms with Crippen molar-refractivity contribution in [3.63, 3.8) is 0 Å². The molecular weight excluding hydrogens is 380 g/mol. The topological polar surface area (TPSA) is 212 Å². The number of rotatable bonds is 6. The maximum absolute atomic E-state index is 12.4. The van der Waals surface area contributed by atoms with Crippen LogP contribution in [0.1, 0.15) is 13.8 Å². The van der Waals surface area contributed by atoms with E-state index in [-0.39, 0.29) is 0 Å². The molecule has 12 heteroatoms. The smallest absolute Gasteiger partial charge is 0.156 e. The number of Topliss-reactive ketones (excluding diaryl/α,β-unsaturated/α-hetero) is 2. The summed E-state index contributed by atoms with van der Waals surface area (Å²) >= 11 is 0. The molecule has 2 fully saturated rings. The SMILES string of the molecule is CC(=O)[C@]1(NC2O[C@H](CO)[C@H](O)[C@H](O)[C@]2(N)C(C)=O)CO[C@H](CO)[C@H](O)[C@@H]1O. The van der Waals surface area contributed by atoms with Crippen LogP contribution in [0.5, 0.6) is 0 Å². The van der Waals surface area contributed by atoms with Crippen molar-refractivity contribution in [1.29, 1.82) is 0 Å². The molecule has 1 unspecified atom stereocenters. The molecule has 2 saturated heterocycles. The van der Waals surface area contributed by atoms with Gasteiger partial charge in [0.05, 0.1) is 19.8 Å². The van der Waals surface area contributed by atoms with Gasteiger partial charge in [0.25, 0.3) is 0 Å². The Morgan fingerprint density at radius 1 is 1.00 bits per heavy atom. The van der Waals surface area contributed by atoms with E-state index in [1.807, 2.05) is 0 Å². The lowest BCUT2D eigenvalue weighted by molar-refractivity contribution is -0.242. The van der Waals surface area contributed by atoms with Crippen LogP contribution >= 0.6 is 0 Å². The van der Waals surface area contributed by atoms with Gasteiger partial charge >= 0.3 is 0 Å². The van der Waals surface area contributed by atoms with Crippen LogP contribution in [0.3, 0.4) is 0 Å². The molecule has 0 aliphatic carbocycles. The fourth-order valence-corrected chi connectivity index (χ4v) is 3.56. The lowest BCUT2D eigenvalue weighted by Gasteiger charge is -2.53. The lowest BCUT2D eigenvalue weighted by atomic mass is 9.76. The fraction of sp³-hybridized carbons (Fsp3) is 0.875. The van der Waals surface area contributed by atoms with Gasteiger partial charge in [-0.1, -0.05) is 0 Å². The van der Waals surface area contributed by atoms with Crippen LogP contribution in [-0.2, 0) is 19.1 Å². The molecule has 0 amide bonds. The number of ether oxygens (including phenoxy) is 2. The first kappa shape index (κ1) is 23.2. The third-order valence-corrected chi connectivity index (χ3v) is 5.66. The molecule has 0 aromatic carbocycles. The predicted molar refractivity (Wildman–Crippen MR) is 90.7 cm³/mol. The molecule has 0 saturated carbocycles. The number of carbonyl (C=O) groups excluding carboxylic acids is 2. The molecule has 9 N–H and O–H groups in total. The summed E-state index contributed by atoms with van der Waals surface area (Å²) in [4.78, 5) is 24.6. The Morgan fingerprint density at radius 3 is 2.00 bits per heavy atom. The highest BCUT2D eigenvalue weighted by Gasteiger charge is 2.61. The number of carbonyl (C=O) groups is 2. The van der Waals surface area contributed by atoms with E-state index in [1.165, 1.54) is 0 Å². The van der Waals surface area contributed by atoms with Gasteiger partial charge in [-0.25, -0.2) is 0 Å². The maximum Gasteiger partial charge on any atom is 0.156 e. The summed E-state index contributed by atoms with van der Waals surface area (Å²) in [6.45, 7) is 0.277. The van der Waals surface area contributed by atoms with Crippen molar-refractivity contribution in [2.75, 3.05) is 19.8 Å². The molecule has 0 radical (unpaired) electrons. The van der Waals surface area contributed by atoms with Crippen molar-refractivity contribution in [2.45, 2.75) is 67.8 Å². The highest BCUT2D eigenvalue weighted by molar-refractivity contribution is 5.89. The molecule has 2 rings (SSSR count). The highest BCUT2D eigenvalue weighted by atomic mass is 16.5. The van der Waals surface area contributed by atoms with Crippen molar-refractivity contribution in [2.24, 2.45) is 5.73 Å². The third-order valence-electron chi connectivity index (χ3n) is 5.66. The van der Waals surface area contributed by atoms with E-state index in [4.69, 9.17) is 15.2 Å². The van der Waals surface area contributed by atoms with E-state index < -0.39 is 85.3 Å². The monoisotopic (exact) mass is 408 g/mol. The minimum absolute atomic E-state index is 0.512. The van der Waals surface area contributed by atoms with E-state index in [1.54, 1.807) is 0 Å². The standard InChI is InChI=1S/C16H28N2O10/c1-6(21)15(5-27-8(3-19)10(23)12(15)25)18-14-16(17,7(2)22)13(26)11(24)9(4-20)28-14/h8-14,18-20,23-26H,3-5,17H2,1-2H3/t8-,9-,10+,11+,12+,13+,14?,15-,16-/m1/s1. The summed E-state index contributed by atoms with van der Waals surface area (Å²) in [6, 6.07) is 0. The molecule has 0 aromatic rings. The molecular formula is C16H28N2O10. The molecule has 2 aliphatic rings. The average molecular weight is 408 g/mol. The van der Waals surface area contributed by atoms with E-state index in [2.05, 4.69) is 5.32 Å². The molecule has 162 valence electrons. The Labute approximate surface area is 160 Å². The van der Waals surface area contributed by atoms with Crippen LogP contribution in [0.2, 0.25) is 0 Å². The van der Waals surface area contributed by atoms with E-state index in [9.17, 15) is 40.2 Å². The minimum atomic E-state index is -2.24. The van der Waals surface area contributed by atoms with Gasteiger partial charge in [-0.15, -0.1) is 0 Å². The van der Waals surface area contributed by atoms with Gasteiger partial charge < -0.3 is 45.8 Å². The number of aliphatic hydroxyl groups is 6. The molecule has 0 bridgehead atoms.